The molecule has 1 aromatic rings. The van der Waals surface area contributed by atoms with Gasteiger partial charge in [-0.3, -0.25) is 0 Å². The normalized spacial score (nSPS) is 21.8. The highest BCUT2D eigenvalue weighted by Gasteiger charge is 2.47. The molecule has 0 N–H and O–H groups in total. The van der Waals surface area contributed by atoms with Crippen LogP contribution in [0.4, 0.5) is 0 Å². The molecule has 1 saturated heterocycles. The minimum atomic E-state index is -1.94. The van der Waals surface area contributed by atoms with Crippen LogP contribution < -0.4 is 4.74 Å². The van der Waals surface area contributed by atoms with Crippen molar-refractivity contribution >= 4 is 8.32 Å². The van der Waals surface area contributed by atoms with E-state index in [4.69, 9.17) is 25.1 Å². The third-order valence-corrected chi connectivity index (χ3v) is 13.0. The fourth-order valence-electron chi connectivity index (χ4n) is 5.43. The Kier molecular flexibility index (Phi) is 10.8. The summed E-state index contributed by atoms with van der Waals surface area (Å²) in [6.07, 6.45) is 9.37. The van der Waals surface area contributed by atoms with Gasteiger partial charge in [-0.1, -0.05) is 53.7 Å². The van der Waals surface area contributed by atoms with Crippen LogP contribution in [-0.4, -0.2) is 40.3 Å². The van der Waals surface area contributed by atoms with E-state index in [-0.39, 0.29) is 18.3 Å². The van der Waals surface area contributed by atoms with Crippen molar-refractivity contribution in [1.29, 1.82) is 0 Å². The number of terminal acetylenes is 1. The maximum Gasteiger partial charge on any atom is 0.200 e. The number of ether oxygens (including phenoxy) is 3. The van der Waals surface area contributed by atoms with E-state index in [1.54, 1.807) is 7.11 Å². The zero-order valence-electron chi connectivity index (χ0n) is 21.2. The molecular weight excluding hydrogens is 416 g/mol. The van der Waals surface area contributed by atoms with E-state index in [0.29, 0.717) is 36.3 Å². The molecule has 1 aliphatic rings. The van der Waals surface area contributed by atoms with Gasteiger partial charge in [-0.05, 0) is 53.6 Å². The molecule has 2 rings (SSSR count). The zero-order chi connectivity index (χ0) is 23.7. The molecule has 0 aromatic heterocycles. The molecule has 0 aliphatic carbocycles. The highest BCUT2D eigenvalue weighted by Crippen LogP contribution is 2.44. The fourth-order valence-corrected chi connectivity index (χ4v) is 11.0. The number of rotatable bonds is 12. The van der Waals surface area contributed by atoms with E-state index >= 15 is 0 Å². The van der Waals surface area contributed by atoms with Crippen molar-refractivity contribution in [2.75, 3.05) is 13.7 Å². The van der Waals surface area contributed by atoms with Gasteiger partial charge >= 0.3 is 0 Å². The van der Waals surface area contributed by atoms with Crippen LogP contribution in [0.3, 0.4) is 0 Å². The van der Waals surface area contributed by atoms with Gasteiger partial charge in [-0.25, -0.2) is 0 Å². The predicted octanol–water partition coefficient (Wildman–Crippen LogP) is 6.73. The molecule has 1 fully saturated rings. The Balaban J connectivity index is 1.96. The average Bonchev–Trinajstić information content (AvgIpc) is 2.75. The van der Waals surface area contributed by atoms with Gasteiger partial charge in [0, 0.05) is 13.0 Å². The van der Waals surface area contributed by atoms with E-state index in [1.165, 1.54) is 0 Å². The lowest BCUT2D eigenvalue weighted by atomic mass is 9.98. The molecular formula is C27H44O4Si. The van der Waals surface area contributed by atoms with Crippen molar-refractivity contribution in [3.05, 3.63) is 29.8 Å². The Morgan fingerprint density at radius 2 is 1.59 bits per heavy atom. The molecule has 4 nitrogen and oxygen atoms in total. The van der Waals surface area contributed by atoms with E-state index in [9.17, 15) is 0 Å². The van der Waals surface area contributed by atoms with E-state index < -0.39 is 8.32 Å². The lowest BCUT2D eigenvalue weighted by Crippen LogP contribution is -2.52. The van der Waals surface area contributed by atoms with Crippen molar-refractivity contribution in [1.82, 2.24) is 0 Å². The first kappa shape index (κ1) is 26.9. The summed E-state index contributed by atoms with van der Waals surface area (Å²) in [6.45, 7) is 15.3. The van der Waals surface area contributed by atoms with Gasteiger partial charge < -0.3 is 18.6 Å². The third kappa shape index (κ3) is 7.09. The number of hydrogen-bond donors (Lipinski definition) is 0. The second kappa shape index (κ2) is 12.8. The molecule has 32 heavy (non-hydrogen) atoms. The van der Waals surface area contributed by atoms with Crippen LogP contribution in [0.2, 0.25) is 16.6 Å². The number of methoxy groups -OCH3 is 1. The fraction of sp³-hybridized carbons (Fsp3) is 0.704. The van der Waals surface area contributed by atoms with Gasteiger partial charge in [0.1, 0.15) is 5.75 Å². The monoisotopic (exact) mass is 460 g/mol. The molecule has 0 amide bonds. The van der Waals surface area contributed by atoms with E-state index in [2.05, 4.69) is 47.5 Å². The largest absolute Gasteiger partial charge is 0.497 e. The maximum atomic E-state index is 7.11. The van der Waals surface area contributed by atoms with Gasteiger partial charge in [0.15, 0.2) is 0 Å². The Morgan fingerprint density at radius 3 is 2.12 bits per heavy atom. The summed E-state index contributed by atoms with van der Waals surface area (Å²) in [5, 5.41) is 0. The van der Waals surface area contributed by atoms with Crippen LogP contribution in [0.25, 0.3) is 0 Å². The van der Waals surface area contributed by atoms with Crippen LogP contribution in [0, 0.1) is 12.3 Å². The zero-order valence-corrected chi connectivity index (χ0v) is 22.2. The first-order valence-electron chi connectivity index (χ1n) is 12.2. The summed E-state index contributed by atoms with van der Waals surface area (Å²) < 4.78 is 24.6. The molecule has 0 saturated carbocycles. The van der Waals surface area contributed by atoms with E-state index in [0.717, 1.165) is 30.6 Å². The molecule has 0 unspecified atom stereocenters. The van der Waals surface area contributed by atoms with Gasteiger partial charge in [0.25, 0.3) is 0 Å². The predicted molar refractivity (Wildman–Crippen MR) is 135 cm³/mol. The lowest BCUT2D eigenvalue weighted by Gasteiger charge is -2.47. The third-order valence-electron chi connectivity index (χ3n) is 6.87. The van der Waals surface area contributed by atoms with Crippen molar-refractivity contribution in [3.8, 4) is 18.1 Å². The molecule has 3 atom stereocenters. The van der Waals surface area contributed by atoms with Crippen molar-refractivity contribution < 1.29 is 18.6 Å². The van der Waals surface area contributed by atoms with Gasteiger partial charge in [0.05, 0.1) is 32.0 Å². The number of benzene rings is 1. The molecule has 1 aliphatic heterocycles. The SMILES string of the molecule is C#CC[C@@H]1C[C@H](O[Si](C(C)C)(C(C)C)C(C)C)C[C@H](CCOCc2ccc(OC)cc2)O1. The molecule has 1 aromatic carbocycles. The number of hydrogen-bond acceptors (Lipinski definition) is 4. The van der Waals surface area contributed by atoms with Gasteiger partial charge in [-0.2, -0.15) is 0 Å². The Labute approximate surface area is 197 Å². The summed E-state index contributed by atoms with van der Waals surface area (Å²) in [4.78, 5) is 0. The molecule has 180 valence electrons. The molecule has 0 radical (unpaired) electrons. The Hall–Kier alpha value is -1.32. The minimum absolute atomic E-state index is 0.0727. The summed E-state index contributed by atoms with van der Waals surface area (Å²) in [6, 6.07) is 8.00. The average molecular weight is 461 g/mol. The lowest BCUT2D eigenvalue weighted by molar-refractivity contribution is -0.0993. The summed E-state index contributed by atoms with van der Waals surface area (Å²) >= 11 is 0. The molecule has 0 spiro atoms. The standard InChI is InChI=1S/C27H44O4Si/c1-9-10-25-17-27(31-32(20(2)3,21(4)5)22(6)7)18-26(30-25)15-16-29-19-23-11-13-24(28-8)14-12-23/h1,11-14,20-22,25-27H,10,15-19H2,2-8H3/t25-,26+,27+/m1/s1. The van der Waals surface area contributed by atoms with Crippen LogP contribution >= 0.6 is 0 Å². The van der Waals surface area contributed by atoms with Crippen LogP contribution in [-0.2, 0) is 20.5 Å². The minimum Gasteiger partial charge on any atom is -0.497 e. The summed E-state index contributed by atoms with van der Waals surface area (Å²) in [5.74, 6) is 3.66. The summed E-state index contributed by atoms with van der Waals surface area (Å²) in [5.41, 5.74) is 2.86. The molecule has 1 heterocycles. The first-order valence-corrected chi connectivity index (χ1v) is 14.3. The topological polar surface area (TPSA) is 36.9 Å². The Bertz CT molecular complexity index is 686. The van der Waals surface area contributed by atoms with Crippen LogP contribution in [0.15, 0.2) is 24.3 Å². The molecule has 0 bridgehead atoms. The maximum absolute atomic E-state index is 7.11. The van der Waals surface area contributed by atoms with Crippen molar-refractivity contribution in [2.24, 2.45) is 0 Å². The second-order valence-corrected chi connectivity index (χ2v) is 15.4. The first-order chi connectivity index (χ1) is 15.2. The van der Waals surface area contributed by atoms with Crippen LogP contribution in [0.1, 0.15) is 72.8 Å². The van der Waals surface area contributed by atoms with E-state index in [1.807, 2.05) is 24.3 Å². The van der Waals surface area contributed by atoms with Crippen molar-refractivity contribution in [3.63, 3.8) is 0 Å². The molecule has 5 heteroatoms. The van der Waals surface area contributed by atoms with Gasteiger partial charge in [-0.15, -0.1) is 12.3 Å². The summed E-state index contributed by atoms with van der Waals surface area (Å²) in [7, 11) is -0.259. The van der Waals surface area contributed by atoms with Crippen molar-refractivity contribution in [2.45, 2.75) is 109 Å². The smallest absolute Gasteiger partial charge is 0.200 e. The highest BCUT2D eigenvalue weighted by atomic mass is 28.4. The Morgan fingerprint density at radius 1 is 1.00 bits per heavy atom. The van der Waals surface area contributed by atoms with Crippen LogP contribution in [0.5, 0.6) is 5.75 Å². The highest BCUT2D eigenvalue weighted by molar-refractivity contribution is 6.77. The van der Waals surface area contributed by atoms with Gasteiger partial charge in [0.2, 0.25) is 8.32 Å². The second-order valence-electron chi connectivity index (χ2n) is 10.0. The quantitative estimate of drug-likeness (QED) is 0.197.